The zero-order valence-electron chi connectivity index (χ0n) is 12.8. The van der Waals surface area contributed by atoms with Crippen molar-refractivity contribution in [2.45, 2.75) is 12.0 Å². The number of rotatable bonds is 5. The molecule has 1 aliphatic rings. The molecule has 0 fully saturated rings. The molecule has 2 unspecified atom stereocenters. The van der Waals surface area contributed by atoms with Crippen LogP contribution in [0.5, 0.6) is 0 Å². The summed E-state index contributed by atoms with van der Waals surface area (Å²) >= 11 is 0. The fourth-order valence-electron chi connectivity index (χ4n) is 3.01. The maximum Gasteiger partial charge on any atom is 0.327 e. The van der Waals surface area contributed by atoms with Crippen LogP contribution >= 0.6 is 0 Å². The highest BCUT2D eigenvalue weighted by Gasteiger charge is 2.45. The number of hydrogen-bond acceptors (Lipinski definition) is 3. The van der Waals surface area contributed by atoms with Crippen molar-refractivity contribution in [2.24, 2.45) is 0 Å². The molecule has 2 amide bonds. The molecule has 0 spiro atoms. The van der Waals surface area contributed by atoms with Crippen LogP contribution in [0.2, 0.25) is 0 Å². The summed E-state index contributed by atoms with van der Waals surface area (Å²) in [6.45, 7) is 3.70. The minimum absolute atomic E-state index is 0.227. The number of benzene rings is 2. The maximum atomic E-state index is 12.6. The third kappa shape index (κ3) is 2.40. The van der Waals surface area contributed by atoms with Crippen molar-refractivity contribution >= 4 is 17.8 Å². The monoisotopic (exact) mass is 321 g/mol. The Labute approximate surface area is 138 Å². The zero-order valence-corrected chi connectivity index (χ0v) is 12.8. The van der Waals surface area contributed by atoms with Crippen LogP contribution in [-0.4, -0.2) is 33.8 Å². The van der Waals surface area contributed by atoms with Crippen molar-refractivity contribution in [2.75, 3.05) is 0 Å². The number of carboxylic acid groups (broad SMARTS) is 1. The molecule has 0 saturated carbocycles. The van der Waals surface area contributed by atoms with Crippen LogP contribution in [0, 0.1) is 0 Å². The van der Waals surface area contributed by atoms with E-state index >= 15 is 0 Å². The van der Waals surface area contributed by atoms with Gasteiger partial charge in [-0.15, -0.1) is 6.58 Å². The highest BCUT2D eigenvalue weighted by Crippen LogP contribution is 2.32. The van der Waals surface area contributed by atoms with Gasteiger partial charge in [0.05, 0.1) is 11.1 Å². The van der Waals surface area contributed by atoms with Crippen LogP contribution in [-0.2, 0) is 4.79 Å². The number of carboxylic acids is 1. The Balaban J connectivity index is 2.07. The third-order valence-electron chi connectivity index (χ3n) is 4.14. The molecule has 1 heterocycles. The summed E-state index contributed by atoms with van der Waals surface area (Å²) in [5.74, 6) is -3.14. The summed E-state index contributed by atoms with van der Waals surface area (Å²) in [5, 5.41) is 9.72. The molecule has 1 N–H and O–H groups in total. The van der Waals surface area contributed by atoms with E-state index in [-0.39, 0.29) is 11.1 Å². The number of hydrogen-bond donors (Lipinski definition) is 1. The Hall–Kier alpha value is -3.21. The van der Waals surface area contributed by atoms with Gasteiger partial charge in [0.25, 0.3) is 11.8 Å². The lowest BCUT2D eigenvalue weighted by molar-refractivity contribution is -0.142. The summed E-state index contributed by atoms with van der Waals surface area (Å²) in [7, 11) is 0. The van der Waals surface area contributed by atoms with E-state index in [1.165, 1.54) is 18.2 Å². The highest BCUT2D eigenvalue weighted by atomic mass is 16.4. The number of amides is 2. The number of carbonyl (C=O) groups excluding carboxylic acids is 2. The SMILES string of the molecule is C=CC(c1ccccc1)C(C(=O)O)N1C(=O)c2ccccc2C1=O. The van der Waals surface area contributed by atoms with Gasteiger partial charge in [0.2, 0.25) is 0 Å². The molecule has 0 radical (unpaired) electrons. The fraction of sp³-hybridized carbons (Fsp3) is 0.105. The van der Waals surface area contributed by atoms with Crippen LogP contribution < -0.4 is 0 Å². The number of fused-ring (bicyclic) bond motifs is 1. The van der Waals surface area contributed by atoms with Crippen molar-refractivity contribution < 1.29 is 19.5 Å². The molecule has 2 atom stereocenters. The quantitative estimate of drug-likeness (QED) is 0.679. The van der Waals surface area contributed by atoms with Gasteiger partial charge < -0.3 is 5.11 Å². The third-order valence-corrected chi connectivity index (χ3v) is 4.14. The number of imide groups is 1. The van der Waals surface area contributed by atoms with Gasteiger partial charge in [-0.3, -0.25) is 14.5 Å². The Morgan fingerprint density at radius 2 is 1.46 bits per heavy atom. The second-order valence-corrected chi connectivity index (χ2v) is 5.48. The number of aliphatic carboxylic acids is 1. The summed E-state index contributed by atoms with van der Waals surface area (Å²) in [4.78, 5) is 38.0. The average Bonchev–Trinajstić information content (AvgIpc) is 2.85. The average molecular weight is 321 g/mol. The van der Waals surface area contributed by atoms with E-state index in [4.69, 9.17) is 0 Å². The van der Waals surface area contributed by atoms with Gasteiger partial charge in [-0.1, -0.05) is 48.5 Å². The summed E-state index contributed by atoms with van der Waals surface area (Å²) in [6.07, 6.45) is 1.46. The van der Waals surface area contributed by atoms with Gasteiger partial charge >= 0.3 is 5.97 Å². The Bertz CT molecular complexity index is 793. The topological polar surface area (TPSA) is 74.7 Å². The van der Waals surface area contributed by atoms with Crippen LogP contribution in [0.15, 0.2) is 67.3 Å². The molecule has 3 rings (SSSR count). The lowest BCUT2D eigenvalue weighted by Gasteiger charge is -2.28. The van der Waals surface area contributed by atoms with Crippen molar-refractivity contribution in [1.29, 1.82) is 0 Å². The summed E-state index contributed by atoms with van der Waals surface area (Å²) in [5.41, 5.74) is 1.13. The van der Waals surface area contributed by atoms with E-state index in [1.807, 2.05) is 0 Å². The van der Waals surface area contributed by atoms with E-state index in [1.54, 1.807) is 42.5 Å². The molecular weight excluding hydrogens is 306 g/mol. The molecule has 2 aromatic carbocycles. The zero-order chi connectivity index (χ0) is 17.3. The van der Waals surface area contributed by atoms with E-state index in [2.05, 4.69) is 6.58 Å². The lowest BCUT2D eigenvalue weighted by Crippen LogP contribution is -2.48. The van der Waals surface area contributed by atoms with Gasteiger partial charge in [-0.05, 0) is 17.7 Å². The van der Waals surface area contributed by atoms with Gasteiger partial charge in [0.1, 0.15) is 6.04 Å². The van der Waals surface area contributed by atoms with Crippen molar-refractivity contribution in [3.63, 3.8) is 0 Å². The molecule has 5 heteroatoms. The lowest BCUT2D eigenvalue weighted by atomic mass is 9.90. The Morgan fingerprint density at radius 3 is 1.92 bits per heavy atom. The predicted octanol–water partition coefficient (Wildman–Crippen LogP) is 2.71. The van der Waals surface area contributed by atoms with Gasteiger partial charge in [0.15, 0.2) is 0 Å². The van der Waals surface area contributed by atoms with Crippen LogP contribution in [0.25, 0.3) is 0 Å². The van der Waals surface area contributed by atoms with E-state index in [0.717, 1.165) is 4.90 Å². The highest BCUT2D eigenvalue weighted by molar-refractivity contribution is 6.22. The van der Waals surface area contributed by atoms with Crippen molar-refractivity contribution in [1.82, 2.24) is 4.90 Å². The molecule has 24 heavy (non-hydrogen) atoms. The van der Waals surface area contributed by atoms with Gasteiger partial charge in [-0.2, -0.15) is 0 Å². The first-order chi connectivity index (χ1) is 11.6. The Morgan fingerprint density at radius 1 is 0.958 bits per heavy atom. The van der Waals surface area contributed by atoms with Crippen LogP contribution in [0.1, 0.15) is 32.2 Å². The van der Waals surface area contributed by atoms with Crippen molar-refractivity contribution in [3.8, 4) is 0 Å². The second kappa shape index (κ2) is 6.12. The minimum atomic E-state index is -1.35. The standard InChI is InChI=1S/C19H15NO4/c1-2-13(12-8-4-3-5-9-12)16(19(23)24)20-17(21)14-10-6-7-11-15(14)18(20)22/h2-11,13,16H,1H2,(H,23,24). The normalized spacial score (nSPS) is 15.8. The molecule has 1 aliphatic heterocycles. The van der Waals surface area contributed by atoms with E-state index in [0.29, 0.717) is 5.56 Å². The van der Waals surface area contributed by atoms with Gasteiger partial charge in [0, 0.05) is 5.92 Å². The minimum Gasteiger partial charge on any atom is -0.480 e. The first-order valence-corrected chi connectivity index (χ1v) is 7.43. The molecular formula is C19H15NO4. The largest absolute Gasteiger partial charge is 0.480 e. The predicted molar refractivity (Wildman–Crippen MR) is 87.7 cm³/mol. The van der Waals surface area contributed by atoms with Gasteiger partial charge in [-0.25, -0.2) is 4.79 Å². The Kier molecular flexibility index (Phi) is 4.00. The van der Waals surface area contributed by atoms with E-state index < -0.39 is 29.7 Å². The van der Waals surface area contributed by atoms with Crippen molar-refractivity contribution in [3.05, 3.63) is 83.9 Å². The molecule has 0 bridgehead atoms. The molecule has 120 valence electrons. The first-order valence-electron chi connectivity index (χ1n) is 7.43. The first kappa shape index (κ1) is 15.7. The summed E-state index contributed by atoms with van der Waals surface area (Å²) in [6, 6.07) is 13.8. The van der Waals surface area contributed by atoms with E-state index in [9.17, 15) is 19.5 Å². The fourth-order valence-corrected chi connectivity index (χ4v) is 3.01. The maximum absolute atomic E-state index is 12.6. The number of nitrogens with zero attached hydrogens (tertiary/aromatic N) is 1. The van der Waals surface area contributed by atoms with Crippen LogP contribution in [0.3, 0.4) is 0 Å². The molecule has 0 saturated heterocycles. The second-order valence-electron chi connectivity index (χ2n) is 5.48. The molecule has 0 aromatic heterocycles. The number of carbonyl (C=O) groups is 3. The smallest absolute Gasteiger partial charge is 0.327 e. The molecule has 5 nitrogen and oxygen atoms in total. The molecule has 2 aromatic rings. The molecule has 0 aliphatic carbocycles. The summed E-state index contributed by atoms with van der Waals surface area (Å²) < 4.78 is 0. The van der Waals surface area contributed by atoms with Crippen LogP contribution in [0.4, 0.5) is 0 Å².